The number of amides is 1. The number of ether oxygens (including phenoxy) is 1. The molecular formula is C10H10FN5O2. The van der Waals surface area contributed by atoms with E-state index in [1.807, 2.05) is 0 Å². The van der Waals surface area contributed by atoms with Crippen molar-refractivity contribution >= 4 is 5.91 Å². The fourth-order valence-electron chi connectivity index (χ4n) is 1.19. The molecule has 2 N–H and O–H groups in total. The Bertz CT molecular complexity index is 517. The van der Waals surface area contributed by atoms with Crippen molar-refractivity contribution in [1.82, 2.24) is 25.9 Å². The largest absolute Gasteiger partial charge is 0.481 e. The Labute approximate surface area is 101 Å². The molecular weight excluding hydrogens is 241 g/mol. The van der Waals surface area contributed by atoms with Crippen LogP contribution in [0.5, 0.6) is 5.75 Å². The summed E-state index contributed by atoms with van der Waals surface area (Å²) in [7, 11) is 0. The van der Waals surface area contributed by atoms with Gasteiger partial charge in [-0.2, -0.15) is 5.21 Å². The average Bonchev–Trinajstić information content (AvgIpc) is 2.88. The van der Waals surface area contributed by atoms with E-state index in [1.165, 1.54) is 12.1 Å². The lowest BCUT2D eigenvalue weighted by atomic mass is 10.3. The van der Waals surface area contributed by atoms with E-state index in [0.29, 0.717) is 5.82 Å². The number of halogens is 1. The number of H-pyrrole nitrogens is 1. The molecule has 0 radical (unpaired) electrons. The van der Waals surface area contributed by atoms with E-state index >= 15 is 0 Å². The molecule has 2 aromatic rings. The molecule has 0 atom stereocenters. The third kappa shape index (κ3) is 3.24. The van der Waals surface area contributed by atoms with Crippen LogP contribution in [-0.4, -0.2) is 33.1 Å². The van der Waals surface area contributed by atoms with Gasteiger partial charge in [0.05, 0.1) is 6.54 Å². The molecule has 0 bridgehead atoms. The zero-order valence-corrected chi connectivity index (χ0v) is 9.26. The Morgan fingerprint density at radius 2 is 2.28 bits per heavy atom. The maximum absolute atomic E-state index is 13.2. The van der Waals surface area contributed by atoms with Gasteiger partial charge < -0.3 is 10.1 Å². The maximum Gasteiger partial charge on any atom is 0.258 e. The van der Waals surface area contributed by atoms with Gasteiger partial charge in [-0.25, -0.2) is 4.39 Å². The number of nitrogens with one attached hydrogen (secondary N) is 2. The zero-order valence-electron chi connectivity index (χ0n) is 9.26. The summed E-state index contributed by atoms with van der Waals surface area (Å²) in [5.74, 6) is -0.520. The summed E-state index contributed by atoms with van der Waals surface area (Å²) >= 11 is 0. The highest BCUT2D eigenvalue weighted by Crippen LogP contribution is 2.14. The summed E-state index contributed by atoms with van der Waals surface area (Å²) in [6.07, 6.45) is 0. The van der Waals surface area contributed by atoms with Crippen LogP contribution in [0.25, 0.3) is 0 Å². The van der Waals surface area contributed by atoms with Gasteiger partial charge >= 0.3 is 0 Å². The lowest BCUT2D eigenvalue weighted by Crippen LogP contribution is -2.29. The number of carbonyl (C=O) groups excluding carboxylic acids is 1. The van der Waals surface area contributed by atoms with E-state index in [2.05, 4.69) is 25.9 Å². The van der Waals surface area contributed by atoms with Crippen LogP contribution >= 0.6 is 0 Å². The molecule has 0 saturated heterocycles. The lowest BCUT2D eigenvalue weighted by Gasteiger charge is -2.06. The molecule has 18 heavy (non-hydrogen) atoms. The first-order valence-electron chi connectivity index (χ1n) is 5.12. The molecule has 8 heteroatoms. The van der Waals surface area contributed by atoms with Crippen LogP contribution in [0.15, 0.2) is 24.3 Å². The minimum absolute atomic E-state index is 0.0345. The number of rotatable bonds is 5. The van der Waals surface area contributed by atoms with Crippen molar-refractivity contribution in [2.24, 2.45) is 0 Å². The number of aromatic amines is 1. The van der Waals surface area contributed by atoms with Crippen LogP contribution < -0.4 is 10.1 Å². The fourth-order valence-corrected chi connectivity index (χ4v) is 1.19. The van der Waals surface area contributed by atoms with Crippen molar-refractivity contribution in [3.63, 3.8) is 0 Å². The Balaban J connectivity index is 1.77. The van der Waals surface area contributed by atoms with Gasteiger partial charge in [-0.05, 0) is 12.1 Å². The van der Waals surface area contributed by atoms with E-state index < -0.39 is 11.7 Å². The highest BCUT2D eigenvalue weighted by Gasteiger charge is 2.07. The van der Waals surface area contributed by atoms with Gasteiger partial charge in [-0.3, -0.25) is 4.79 Å². The molecule has 7 nitrogen and oxygen atoms in total. The molecule has 2 rings (SSSR count). The van der Waals surface area contributed by atoms with E-state index in [-0.39, 0.29) is 18.9 Å². The highest BCUT2D eigenvalue weighted by atomic mass is 19.1. The molecule has 0 aliphatic carbocycles. The first-order valence-corrected chi connectivity index (χ1v) is 5.12. The number of para-hydroxylation sites is 1. The van der Waals surface area contributed by atoms with Gasteiger partial charge in [0, 0.05) is 0 Å². The molecule has 0 spiro atoms. The van der Waals surface area contributed by atoms with Crippen molar-refractivity contribution in [2.75, 3.05) is 6.61 Å². The fraction of sp³-hybridized carbons (Fsp3) is 0.200. The molecule has 0 saturated carbocycles. The van der Waals surface area contributed by atoms with Crippen molar-refractivity contribution in [3.05, 3.63) is 35.9 Å². The van der Waals surface area contributed by atoms with Crippen LogP contribution in [0.3, 0.4) is 0 Å². The van der Waals surface area contributed by atoms with E-state index in [0.717, 1.165) is 0 Å². The third-order valence-electron chi connectivity index (χ3n) is 2.03. The SMILES string of the molecule is O=C(COc1ccccc1F)NCc1nn[nH]n1. The quantitative estimate of drug-likeness (QED) is 0.782. The molecule has 1 aromatic carbocycles. The van der Waals surface area contributed by atoms with Gasteiger partial charge in [-0.15, -0.1) is 10.2 Å². The van der Waals surface area contributed by atoms with E-state index in [4.69, 9.17) is 4.74 Å². The molecule has 1 amide bonds. The number of tetrazole rings is 1. The second kappa shape index (κ2) is 5.71. The van der Waals surface area contributed by atoms with Crippen molar-refractivity contribution in [3.8, 4) is 5.75 Å². The van der Waals surface area contributed by atoms with Crippen LogP contribution in [-0.2, 0) is 11.3 Å². The van der Waals surface area contributed by atoms with Gasteiger partial charge in [0.2, 0.25) is 0 Å². The van der Waals surface area contributed by atoms with Crippen LogP contribution in [0.4, 0.5) is 4.39 Å². The molecule has 0 unspecified atom stereocenters. The Hall–Kier alpha value is -2.51. The number of hydrogen-bond donors (Lipinski definition) is 2. The van der Waals surface area contributed by atoms with Crippen molar-refractivity contribution < 1.29 is 13.9 Å². The van der Waals surface area contributed by atoms with Gasteiger partial charge in [0.25, 0.3) is 5.91 Å². The van der Waals surface area contributed by atoms with Gasteiger partial charge in [0.15, 0.2) is 24.0 Å². The minimum Gasteiger partial charge on any atom is -0.481 e. The number of aromatic nitrogens is 4. The predicted octanol–water partition coefficient (Wildman–Crippen LogP) is 0.0340. The molecule has 0 aliphatic rings. The van der Waals surface area contributed by atoms with Crippen molar-refractivity contribution in [2.45, 2.75) is 6.54 Å². The van der Waals surface area contributed by atoms with Gasteiger partial charge in [0.1, 0.15) is 0 Å². The number of hydrogen-bond acceptors (Lipinski definition) is 5. The Kier molecular flexibility index (Phi) is 3.79. The number of nitrogens with zero attached hydrogens (tertiary/aromatic N) is 3. The molecule has 1 aromatic heterocycles. The first kappa shape index (κ1) is 12.0. The second-order valence-corrected chi connectivity index (χ2v) is 3.32. The molecule has 0 aliphatic heterocycles. The molecule has 94 valence electrons. The van der Waals surface area contributed by atoms with Crippen LogP contribution in [0.2, 0.25) is 0 Å². The Morgan fingerprint density at radius 3 is 3.00 bits per heavy atom. The second-order valence-electron chi connectivity index (χ2n) is 3.32. The summed E-state index contributed by atoms with van der Waals surface area (Å²) in [6, 6.07) is 5.86. The topological polar surface area (TPSA) is 92.8 Å². The summed E-state index contributed by atoms with van der Waals surface area (Å²) in [5, 5.41) is 15.4. The zero-order chi connectivity index (χ0) is 12.8. The number of carbonyl (C=O) groups is 1. The lowest BCUT2D eigenvalue weighted by molar-refractivity contribution is -0.123. The summed E-state index contributed by atoms with van der Waals surface area (Å²) < 4.78 is 18.2. The average molecular weight is 251 g/mol. The molecule has 0 fully saturated rings. The standard InChI is InChI=1S/C10H10FN5O2/c11-7-3-1-2-4-8(7)18-6-10(17)12-5-9-13-15-16-14-9/h1-4H,5-6H2,(H,12,17)(H,13,14,15,16). The summed E-state index contributed by atoms with van der Waals surface area (Å²) in [4.78, 5) is 11.4. The molecule has 1 heterocycles. The van der Waals surface area contributed by atoms with E-state index in [1.54, 1.807) is 12.1 Å². The monoisotopic (exact) mass is 251 g/mol. The predicted molar refractivity (Wildman–Crippen MR) is 57.9 cm³/mol. The van der Waals surface area contributed by atoms with Crippen molar-refractivity contribution in [1.29, 1.82) is 0 Å². The van der Waals surface area contributed by atoms with Gasteiger partial charge in [-0.1, -0.05) is 17.3 Å². The smallest absolute Gasteiger partial charge is 0.258 e. The van der Waals surface area contributed by atoms with E-state index in [9.17, 15) is 9.18 Å². The van der Waals surface area contributed by atoms with Crippen LogP contribution in [0.1, 0.15) is 5.82 Å². The Morgan fingerprint density at radius 1 is 1.44 bits per heavy atom. The normalized spacial score (nSPS) is 10.1. The number of benzene rings is 1. The summed E-state index contributed by atoms with van der Waals surface area (Å²) in [6.45, 7) is -0.144. The summed E-state index contributed by atoms with van der Waals surface area (Å²) in [5.41, 5.74) is 0. The maximum atomic E-state index is 13.2. The first-order chi connectivity index (χ1) is 8.75. The minimum atomic E-state index is -0.511. The van der Waals surface area contributed by atoms with Crippen LogP contribution in [0, 0.1) is 5.82 Å². The third-order valence-corrected chi connectivity index (χ3v) is 2.03. The highest BCUT2D eigenvalue weighted by molar-refractivity contribution is 5.77.